The van der Waals surface area contributed by atoms with Gasteiger partial charge in [0.2, 0.25) is 0 Å². The minimum atomic E-state index is -0.404. The fourth-order valence-electron chi connectivity index (χ4n) is 8.50. The highest BCUT2D eigenvalue weighted by Gasteiger charge is 2.24. The molecule has 1 nitrogen and oxygen atoms in total. The molecular weight excluding hydrogens is 675 g/mol. The minimum Gasteiger partial charge on any atom is -0.329 e. The van der Waals surface area contributed by atoms with Crippen molar-refractivity contribution >= 4 is 44.8 Å². The molecule has 0 aliphatic heterocycles. The molecular formula is C55H47N. The van der Waals surface area contributed by atoms with Gasteiger partial charge < -0.3 is 5.73 Å². The van der Waals surface area contributed by atoms with Crippen molar-refractivity contribution in [3.63, 3.8) is 0 Å². The average molecular weight is 722 g/mol. The van der Waals surface area contributed by atoms with Crippen LogP contribution in [0.4, 0.5) is 0 Å². The summed E-state index contributed by atoms with van der Waals surface area (Å²) >= 11 is 0. The first-order valence-electron chi connectivity index (χ1n) is 20.0. The highest BCUT2D eigenvalue weighted by molar-refractivity contribution is 5.98. The Balaban J connectivity index is 1.13. The van der Waals surface area contributed by atoms with Crippen LogP contribution in [-0.2, 0) is 11.8 Å². The Labute approximate surface area is 331 Å². The zero-order chi connectivity index (χ0) is 37.9. The van der Waals surface area contributed by atoms with Gasteiger partial charge in [0.15, 0.2) is 0 Å². The van der Waals surface area contributed by atoms with Crippen LogP contribution in [0, 0.1) is 0 Å². The summed E-state index contributed by atoms with van der Waals surface area (Å²) in [5.41, 5.74) is 21.4. The van der Waals surface area contributed by atoms with Crippen LogP contribution in [0.3, 0.4) is 0 Å². The molecule has 7 aromatic carbocycles. The molecule has 0 bridgehead atoms. The summed E-state index contributed by atoms with van der Waals surface area (Å²) in [6.45, 7) is 2.75. The van der Waals surface area contributed by atoms with E-state index in [0.29, 0.717) is 6.54 Å². The number of hydrogen-bond acceptors (Lipinski definition) is 1. The highest BCUT2D eigenvalue weighted by atomic mass is 14.6. The number of nitrogens with two attached hydrogens (primary N) is 1. The summed E-state index contributed by atoms with van der Waals surface area (Å²) in [4.78, 5) is 0. The predicted octanol–water partition coefficient (Wildman–Crippen LogP) is 14.0. The van der Waals surface area contributed by atoms with Gasteiger partial charge in [-0.3, -0.25) is 0 Å². The zero-order valence-electron chi connectivity index (χ0n) is 32.1. The third kappa shape index (κ3) is 7.15. The monoisotopic (exact) mass is 721 g/mol. The Morgan fingerprint density at radius 1 is 0.625 bits per heavy atom. The number of benzene rings is 7. The van der Waals surface area contributed by atoms with Gasteiger partial charge in [0.25, 0.3) is 0 Å². The molecule has 7 aromatic rings. The molecule has 1 heteroatoms. The van der Waals surface area contributed by atoms with Crippen molar-refractivity contribution < 1.29 is 0 Å². The average Bonchev–Trinajstić information content (AvgIpc) is 3.27. The fourth-order valence-corrected chi connectivity index (χ4v) is 8.50. The van der Waals surface area contributed by atoms with Gasteiger partial charge >= 0.3 is 0 Å². The molecule has 1 unspecified atom stereocenters. The summed E-state index contributed by atoms with van der Waals surface area (Å²) in [5, 5.41) is 5.06. The molecule has 0 fully saturated rings. The van der Waals surface area contributed by atoms with Crippen molar-refractivity contribution in [2.75, 3.05) is 6.54 Å². The Morgan fingerprint density at radius 3 is 2.23 bits per heavy atom. The summed E-state index contributed by atoms with van der Waals surface area (Å²) in [6, 6.07) is 53.5. The van der Waals surface area contributed by atoms with Gasteiger partial charge in [0.05, 0.1) is 0 Å². The zero-order valence-corrected chi connectivity index (χ0v) is 32.1. The van der Waals surface area contributed by atoms with Crippen LogP contribution in [0.15, 0.2) is 182 Å². The molecule has 2 aliphatic rings. The smallest absolute Gasteiger partial charge is 0.0235 e. The maximum atomic E-state index is 6.73. The Bertz CT molecular complexity index is 2730. The number of hydrogen-bond donors (Lipinski definition) is 1. The molecule has 0 heterocycles. The lowest BCUT2D eigenvalue weighted by Gasteiger charge is -2.27. The van der Waals surface area contributed by atoms with Gasteiger partial charge in [-0.15, -0.1) is 0 Å². The molecule has 0 spiro atoms. The van der Waals surface area contributed by atoms with E-state index >= 15 is 0 Å². The maximum absolute atomic E-state index is 6.73. The van der Waals surface area contributed by atoms with Crippen LogP contribution >= 0.6 is 0 Å². The van der Waals surface area contributed by atoms with Gasteiger partial charge in [0, 0.05) is 12.0 Å². The van der Waals surface area contributed by atoms with E-state index < -0.39 is 5.41 Å². The second-order valence-corrected chi connectivity index (χ2v) is 15.5. The Morgan fingerprint density at radius 2 is 1.39 bits per heavy atom. The molecule has 2 N–H and O–H groups in total. The number of rotatable bonds is 9. The van der Waals surface area contributed by atoms with E-state index in [0.717, 1.165) is 36.8 Å². The van der Waals surface area contributed by atoms with E-state index in [9.17, 15) is 0 Å². The molecule has 272 valence electrons. The molecule has 0 saturated heterocycles. The van der Waals surface area contributed by atoms with Crippen molar-refractivity contribution in [2.24, 2.45) is 5.73 Å². The summed E-state index contributed by atoms with van der Waals surface area (Å²) in [7, 11) is 0. The molecule has 2 aliphatic carbocycles. The van der Waals surface area contributed by atoms with Crippen LogP contribution in [0.2, 0.25) is 0 Å². The molecule has 9 rings (SSSR count). The Hall–Kier alpha value is -6.28. The summed E-state index contributed by atoms with van der Waals surface area (Å²) in [6.07, 6.45) is 22.8. The van der Waals surface area contributed by atoms with Crippen molar-refractivity contribution in [1.29, 1.82) is 0 Å². The molecule has 1 atom stereocenters. The molecule has 56 heavy (non-hydrogen) atoms. The van der Waals surface area contributed by atoms with Gasteiger partial charge in [-0.1, -0.05) is 183 Å². The fraction of sp³-hybridized carbons (Fsp3) is 0.127. The second kappa shape index (κ2) is 15.5. The SMILES string of the molecule is CC(/C=C(\C=C/c1cccc(-c2ccc(C3=CCCC=C3)cc2)c1)c1cccc(-c2cc3ccccc3c3c2CCC=C3)c1)(CN)c1ccc2ccccc2c1. The van der Waals surface area contributed by atoms with Gasteiger partial charge in [-0.2, -0.15) is 0 Å². The minimum absolute atomic E-state index is 0.404. The van der Waals surface area contributed by atoms with Crippen molar-refractivity contribution in [2.45, 2.75) is 38.0 Å². The van der Waals surface area contributed by atoms with E-state index in [4.69, 9.17) is 5.73 Å². The van der Waals surface area contributed by atoms with Crippen LogP contribution in [-0.4, -0.2) is 6.54 Å². The summed E-state index contributed by atoms with van der Waals surface area (Å²) in [5.74, 6) is 0. The van der Waals surface area contributed by atoms with Gasteiger partial charge in [-0.05, 0) is 132 Å². The van der Waals surface area contributed by atoms with E-state index in [1.807, 2.05) is 0 Å². The van der Waals surface area contributed by atoms with Crippen molar-refractivity contribution in [1.82, 2.24) is 0 Å². The lowest BCUT2D eigenvalue weighted by Crippen LogP contribution is -2.30. The standard InChI is InChI=1S/C55H47N/c1-55(38-56,50-32-31-41-16-5-6-17-46(41)35-50)37-49(26-25-39-13-11-19-44(33-39)43-29-27-42(28-30-43)40-14-3-2-4-15-40)45-20-12-21-47(34-45)54-36-48-18-7-8-22-51(48)52-23-9-10-24-53(52)54/h3,5-9,11-23,25-37H,2,4,10,24,38,56H2,1H3/b26-25-,49-37+. The molecule has 0 saturated carbocycles. The van der Waals surface area contributed by atoms with Crippen LogP contribution in [0.25, 0.3) is 67.1 Å². The lowest BCUT2D eigenvalue weighted by atomic mass is 9.79. The van der Waals surface area contributed by atoms with E-state index in [1.54, 1.807) is 0 Å². The van der Waals surface area contributed by atoms with E-state index in [2.05, 4.69) is 201 Å². The number of allylic oxidation sites excluding steroid dienone is 7. The normalized spacial score (nSPS) is 15.2. The third-order valence-electron chi connectivity index (χ3n) is 11.7. The van der Waals surface area contributed by atoms with Crippen LogP contribution < -0.4 is 5.73 Å². The molecule has 0 radical (unpaired) electrons. The third-order valence-corrected chi connectivity index (χ3v) is 11.7. The van der Waals surface area contributed by atoms with Crippen molar-refractivity contribution in [3.8, 4) is 22.3 Å². The predicted molar refractivity (Wildman–Crippen MR) is 242 cm³/mol. The largest absolute Gasteiger partial charge is 0.329 e. The van der Waals surface area contributed by atoms with Crippen molar-refractivity contribution in [3.05, 3.63) is 215 Å². The Kier molecular flexibility index (Phi) is 9.78. The lowest BCUT2D eigenvalue weighted by molar-refractivity contribution is 0.610. The van der Waals surface area contributed by atoms with Crippen LogP contribution in [0.1, 0.15) is 59.6 Å². The first kappa shape index (κ1) is 35.4. The second-order valence-electron chi connectivity index (χ2n) is 15.5. The van der Waals surface area contributed by atoms with Gasteiger partial charge in [-0.25, -0.2) is 0 Å². The first-order valence-corrected chi connectivity index (χ1v) is 20.0. The highest BCUT2D eigenvalue weighted by Crippen LogP contribution is 2.39. The summed E-state index contributed by atoms with van der Waals surface area (Å²) < 4.78 is 0. The topological polar surface area (TPSA) is 26.0 Å². The number of fused-ring (bicyclic) bond motifs is 4. The maximum Gasteiger partial charge on any atom is 0.0235 e. The molecule has 0 amide bonds. The molecule has 0 aromatic heterocycles. The van der Waals surface area contributed by atoms with Crippen LogP contribution in [0.5, 0.6) is 0 Å². The van der Waals surface area contributed by atoms with E-state index in [1.165, 1.54) is 77.2 Å². The quantitative estimate of drug-likeness (QED) is 0.148. The first-order chi connectivity index (χ1) is 27.5. The van der Waals surface area contributed by atoms with Gasteiger partial charge in [0.1, 0.15) is 0 Å². The van der Waals surface area contributed by atoms with E-state index in [-0.39, 0.29) is 0 Å².